The van der Waals surface area contributed by atoms with E-state index < -0.39 is 20.7 Å². The molecule has 0 amide bonds. The quantitative estimate of drug-likeness (QED) is 0.853. The van der Waals surface area contributed by atoms with Crippen LogP contribution in [0.15, 0.2) is 41.3 Å². The first kappa shape index (κ1) is 15.3. The molecule has 0 saturated carbocycles. The topological polar surface area (TPSA) is 72.2 Å². The SMILES string of the molecule is CCc1ccccc1NS(=O)(=O)c1cc(N)cc(C)c1F. The Morgan fingerprint density at radius 3 is 2.57 bits per heavy atom. The van der Waals surface area contributed by atoms with Crippen LogP contribution in [0.2, 0.25) is 0 Å². The molecular weight excluding hydrogens is 291 g/mol. The number of nitrogen functional groups attached to an aromatic ring is 1. The van der Waals surface area contributed by atoms with Crippen molar-refractivity contribution in [1.82, 2.24) is 0 Å². The van der Waals surface area contributed by atoms with Crippen LogP contribution in [0.25, 0.3) is 0 Å². The van der Waals surface area contributed by atoms with E-state index in [-0.39, 0.29) is 11.3 Å². The Kier molecular flexibility index (Phi) is 4.18. The highest BCUT2D eigenvalue weighted by molar-refractivity contribution is 7.92. The van der Waals surface area contributed by atoms with Crippen LogP contribution in [-0.2, 0) is 16.4 Å². The van der Waals surface area contributed by atoms with Crippen molar-refractivity contribution in [3.8, 4) is 0 Å². The van der Waals surface area contributed by atoms with Crippen LogP contribution in [0.1, 0.15) is 18.1 Å². The zero-order chi connectivity index (χ0) is 15.6. The van der Waals surface area contributed by atoms with Crippen molar-refractivity contribution in [2.75, 3.05) is 10.5 Å². The van der Waals surface area contributed by atoms with Crippen molar-refractivity contribution in [2.45, 2.75) is 25.2 Å². The largest absolute Gasteiger partial charge is 0.399 e. The number of para-hydroxylation sites is 1. The van der Waals surface area contributed by atoms with Gasteiger partial charge in [-0.05, 0) is 42.7 Å². The molecule has 2 rings (SSSR count). The lowest BCUT2D eigenvalue weighted by Gasteiger charge is -2.13. The lowest BCUT2D eigenvalue weighted by atomic mass is 10.1. The van der Waals surface area contributed by atoms with Crippen LogP contribution < -0.4 is 10.5 Å². The Bertz CT molecular complexity index is 773. The molecule has 0 aliphatic rings. The van der Waals surface area contributed by atoms with Crippen molar-refractivity contribution in [2.24, 2.45) is 0 Å². The second-order valence-electron chi connectivity index (χ2n) is 4.77. The fraction of sp³-hybridized carbons (Fsp3) is 0.200. The molecule has 0 spiro atoms. The van der Waals surface area contributed by atoms with Gasteiger partial charge in [0.1, 0.15) is 10.7 Å². The molecule has 0 aliphatic carbocycles. The summed E-state index contributed by atoms with van der Waals surface area (Å²) in [5.74, 6) is -0.786. The van der Waals surface area contributed by atoms with E-state index >= 15 is 0 Å². The van der Waals surface area contributed by atoms with Crippen molar-refractivity contribution >= 4 is 21.4 Å². The fourth-order valence-corrected chi connectivity index (χ4v) is 3.37. The third kappa shape index (κ3) is 3.16. The van der Waals surface area contributed by atoms with Crippen molar-refractivity contribution < 1.29 is 12.8 Å². The first-order chi connectivity index (χ1) is 9.85. The van der Waals surface area contributed by atoms with E-state index in [9.17, 15) is 12.8 Å². The maximum Gasteiger partial charge on any atom is 0.264 e. The van der Waals surface area contributed by atoms with E-state index in [1.807, 2.05) is 19.1 Å². The van der Waals surface area contributed by atoms with Crippen LogP contribution in [-0.4, -0.2) is 8.42 Å². The molecule has 21 heavy (non-hydrogen) atoms. The minimum Gasteiger partial charge on any atom is -0.399 e. The van der Waals surface area contributed by atoms with Crippen LogP contribution >= 0.6 is 0 Å². The van der Waals surface area contributed by atoms with E-state index in [4.69, 9.17) is 5.73 Å². The van der Waals surface area contributed by atoms with Crippen molar-refractivity contribution in [3.05, 3.63) is 53.3 Å². The number of nitrogens with one attached hydrogen (secondary N) is 1. The number of aryl methyl sites for hydroxylation is 2. The highest BCUT2D eigenvalue weighted by atomic mass is 32.2. The number of hydrogen-bond acceptors (Lipinski definition) is 3. The Morgan fingerprint density at radius 1 is 1.24 bits per heavy atom. The summed E-state index contributed by atoms with van der Waals surface area (Å²) in [6.45, 7) is 3.39. The maximum atomic E-state index is 14.1. The van der Waals surface area contributed by atoms with Gasteiger partial charge in [-0.25, -0.2) is 12.8 Å². The Balaban J connectivity index is 2.49. The number of hydrogen-bond donors (Lipinski definition) is 2. The van der Waals surface area contributed by atoms with Gasteiger partial charge in [-0.1, -0.05) is 25.1 Å². The summed E-state index contributed by atoms with van der Waals surface area (Å²) >= 11 is 0. The number of rotatable bonds is 4. The smallest absolute Gasteiger partial charge is 0.264 e. The van der Waals surface area contributed by atoms with Crippen LogP contribution in [0.5, 0.6) is 0 Å². The van der Waals surface area contributed by atoms with Crippen molar-refractivity contribution in [1.29, 1.82) is 0 Å². The molecule has 6 heteroatoms. The summed E-state index contributed by atoms with van der Waals surface area (Å²) < 4.78 is 41.3. The van der Waals surface area contributed by atoms with Crippen LogP contribution in [0.4, 0.5) is 15.8 Å². The second-order valence-corrected chi connectivity index (χ2v) is 6.42. The van der Waals surface area contributed by atoms with Crippen LogP contribution in [0, 0.1) is 12.7 Å². The molecule has 0 fully saturated rings. The van der Waals surface area contributed by atoms with Gasteiger partial charge in [0.15, 0.2) is 0 Å². The molecule has 0 aromatic heterocycles. The summed E-state index contributed by atoms with van der Waals surface area (Å²) in [5.41, 5.74) is 7.30. The zero-order valence-corrected chi connectivity index (χ0v) is 12.7. The normalized spacial score (nSPS) is 11.4. The van der Waals surface area contributed by atoms with E-state index in [1.54, 1.807) is 12.1 Å². The van der Waals surface area contributed by atoms with Gasteiger partial charge in [-0.3, -0.25) is 4.72 Å². The van der Waals surface area contributed by atoms with Crippen LogP contribution in [0.3, 0.4) is 0 Å². The zero-order valence-electron chi connectivity index (χ0n) is 11.9. The molecule has 0 radical (unpaired) electrons. The monoisotopic (exact) mass is 308 g/mol. The molecule has 0 unspecified atom stereocenters. The third-order valence-corrected chi connectivity index (χ3v) is 4.54. The highest BCUT2D eigenvalue weighted by Crippen LogP contribution is 2.25. The van der Waals surface area contributed by atoms with E-state index in [0.717, 1.165) is 11.6 Å². The predicted octanol–water partition coefficient (Wildman–Crippen LogP) is 3.08. The molecule has 4 nitrogen and oxygen atoms in total. The van der Waals surface area contributed by atoms with Gasteiger partial charge >= 0.3 is 0 Å². The fourth-order valence-electron chi connectivity index (χ4n) is 2.09. The maximum absolute atomic E-state index is 14.1. The molecule has 0 saturated heterocycles. The number of anilines is 2. The summed E-state index contributed by atoms with van der Waals surface area (Å²) in [5, 5.41) is 0. The van der Waals surface area contributed by atoms with Gasteiger partial charge in [0.05, 0.1) is 5.69 Å². The van der Waals surface area contributed by atoms with Gasteiger partial charge in [-0.2, -0.15) is 0 Å². The first-order valence-electron chi connectivity index (χ1n) is 6.51. The predicted molar refractivity (Wildman–Crippen MR) is 82.2 cm³/mol. The second kappa shape index (κ2) is 5.73. The first-order valence-corrected chi connectivity index (χ1v) is 8.00. The van der Waals surface area contributed by atoms with Gasteiger partial charge in [0, 0.05) is 5.69 Å². The molecule has 0 heterocycles. The standard InChI is InChI=1S/C15H17FN2O2S/c1-3-11-6-4-5-7-13(11)18-21(19,20)14-9-12(17)8-10(2)15(14)16/h4-9,18H,3,17H2,1-2H3. The minimum absolute atomic E-state index is 0.194. The Hall–Kier alpha value is -2.08. The molecule has 2 aromatic carbocycles. The summed E-state index contributed by atoms with van der Waals surface area (Å²) in [7, 11) is -4.03. The number of halogens is 1. The van der Waals surface area contributed by atoms with Crippen molar-refractivity contribution in [3.63, 3.8) is 0 Å². The van der Waals surface area contributed by atoms with E-state index in [1.165, 1.54) is 13.0 Å². The molecule has 2 aromatic rings. The molecular formula is C15H17FN2O2S. The van der Waals surface area contributed by atoms with E-state index in [0.29, 0.717) is 12.1 Å². The number of benzene rings is 2. The van der Waals surface area contributed by atoms with E-state index in [2.05, 4.69) is 4.72 Å². The average Bonchev–Trinajstić information content (AvgIpc) is 2.43. The lowest BCUT2D eigenvalue weighted by molar-refractivity contribution is 0.565. The van der Waals surface area contributed by atoms with Gasteiger partial charge in [0.25, 0.3) is 10.0 Å². The number of sulfonamides is 1. The molecule has 0 aliphatic heterocycles. The highest BCUT2D eigenvalue weighted by Gasteiger charge is 2.22. The molecule has 112 valence electrons. The molecule has 3 N–H and O–H groups in total. The van der Waals surface area contributed by atoms with Gasteiger partial charge < -0.3 is 5.73 Å². The minimum atomic E-state index is -4.03. The molecule has 0 bridgehead atoms. The Labute approximate surface area is 123 Å². The third-order valence-electron chi connectivity index (χ3n) is 3.18. The summed E-state index contributed by atoms with van der Waals surface area (Å²) in [4.78, 5) is -0.439. The van der Waals surface area contributed by atoms with Gasteiger partial charge in [-0.15, -0.1) is 0 Å². The number of nitrogens with two attached hydrogens (primary N) is 1. The summed E-state index contributed by atoms with van der Waals surface area (Å²) in [6, 6.07) is 9.53. The average molecular weight is 308 g/mol. The molecule has 0 atom stereocenters. The van der Waals surface area contributed by atoms with Gasteiger partial charge in [0.2, 0.25) is 0 Å². The Morgan fingerprint density at radius 2 is 1.90 bits per heavy atom. The summed E-state index contributed by atoms with van der Waals surface area (Å²) in [6.07, 6.45) is 0.664. The lowest BCUT2D eigenvalue weighted by Crippen LogP contribution is -2.16.